The first-order valence-corrected chi connectivity index (χ1v) is 5.47. The van der Waals surface area contributed by atoms with E-state index in [1.165, 1.54) is 6.33 Å². The maximum atomic E-state index is 11.1. The van der Waals surface area contributed by atoms with Gasteiger partial charge in [0.25, 0.3) is 0 Å². The van der Waals surface area contributed by atoms with Crippen LogP contribution in [-0.4, -0.2) is 35.1 Å². The van der Waals surface area contributed by atoms with Crippen molar-refractivity contribution in [1.82, 2.24) is 15.3 Å². The number of nitrogens with zero attached hydrogens (tertiary/aromatic N) is 2. The molecule has 2 rings (SSSR count). The molecule has 92 valence electrons. The van der Waals surface area contributed by atoms with E-state index < -0.39 is 0 Å². The maximum Gasteiger partial charge on any atom is 0.242 e. The smallest absolute Gasteiger partial charge is 0.242 e. The van der Waals surface area contributed by atoms with E-state index in [0.717, 1.165) is 0 Å². The Bertz CT molecular complexity index is 423. The molecule has 1 aromatic heterocycles. The Kier molecular flexibility index (Phi) is 3.27. The van der Waals surface area contributed by atoms with Crippen molar-refractivity contribution in [3.63, 3.8) is 0 Å². The minimum atomic E-state index is 0.00850. The molecule has 7 heteroatoms. The average molecular weight is 237 g/mol. The maximum absolute atomic E-state index is 11.1. The predicted octanol–water partition coefficient (Wildman–Crippen LogP) is -0.242. The number of nitrogens with one attached hydrogen (secondary N) is 2. The monoisotopic (exact) mass is 237 g/mol. The van der Waals surface area contributed by atoms with Crippen molar-refractivity contribution in [2.45, 2.75) is 19.4 Å². The van der Waals surface area contributed by atoms with Crippen LogP contribution in [0.25, 0.3) is 0 Å². The van der Waals surface area contributed by atoms with Gasteiger partial charge in [-0.15, -0.1) is 0 Å². The zero-order chi connectivity index (χ0) is 12.3. The fraction of sp³-hybridized carbons (Fsp3) is 0.500. The Hall–Kier alpha value is -2.05. The molecular weight excluding hydrogens is 222 g/mol. The van der Waals surface area contributed by atoms with Gasteiger partial charge in [-0.2, -0.15) is 4.98 Å². The van der Waals surface area contributed by atoms with E-state index in [4.69, 9.17) is 10.5 Å². The molecule has 0 aromatic carbocycles. The van der Waals surface area contributed by atoms with Gasteiger partial charge in [0.15, 0.2) is 5.82 Å². The standard InChI is InChI=1S/C10H15N5O2/c1-2-17-10-8(11)9(13-5-14-10)15-6-3-7(16)12-4-6/h5-6H,2-4,11H2,1H3,(H,12,16)(H,13,14,15). The molecule has 1 unspecified atom stereocenters. The third-order valence-electron chi connectivity index (χ3n) is 2.45. The summed E-state index contributed by atoms with van der Waals surface area (Å²) in [7, 11) is 0. The first-order chi connectivity index (χ1) is 8.20. The SMILES string of the molecule is CCOc1ncnc(NC2CNC(=O)C2)c1N. The largest absolute Gasteiger partial charge is 0.476 e. The van der Waals surface area contributed by atoms with Crippen molar-refractivity contribution in [3.05, 3.63) is 6.33 Å². The van der Waals surface area contributed by atoms with E-state index in [0.29, 0.717) is 37.0 Å². The molecule has 7 nitrogen and oxygen atoms in total. The average Bonchev–Trinajstić information content (AvgIpc) is 2.70. The lowest BCUT2D eigenvalue weighted by atomic mass is 10.2. The van der Waals surface area contributed by atoms with Crippen LogP contribution in [-0.2, 0) is 4.79 Å². The molecule has 2 heterocycles. The number of hydrogen-bond donors (Lipinski definition) is 3. The van der Waals surface area contributed by atoms with Crippen LogP contribution in [0.5, 0.6) is 5.88 Å². The Morgan fingerprint density at radius 1 is 1.65 bits per heavy atom. The minimum Gasteiger partial charge on any atom is -0.476 e. The van der Waals surface area contributed by atoms with Gasteiger partial charge in [-0.1, -0.05) is 0 Å². The Morgan fingerprint density at radius 2 is 2.47 bits per heavy atom. The van der Waals surface area contributed by atoms with E-state index in [1.54, 1.807) is 0 Å². The third kappa shape index (κ3) is 2.55. The fourth-order valence-corrected chi connectivity index (χ4v) is 1.65. The van der Waals surface area contributed by atoms with Gasteiger partial charge in [-0.25, -0.2) is 4.98 Å². The van der Waals surface area contributed by atoms with E-state index in [9.17, 15) is 4.79 Å². The highest BCUT2D eigenvalue weighted by Crippen LogP contribution is 2.25. The fourth-order valence-electron chi connectivity index (χ4n) is 1.65. The number of amides is 1. The van der Waals surface area contributed by atoms with Gasteiger partial charge in [0.2, 0.25) is 11.8 Å². The topological polar surface area (TPSA) is 102 Å². The second-order valence-electron chi connectivity index (χ2n) is 3.72. The summed E-state index contributed by atoms with van der Waals surface area (Å²) >= 11 is 0. The van der Waals surface area contributed by atoms with Crippen LogP contribution in [0.15, 0.2) is 6.33 Å². The molecular formula is C10H15N5O2. The molecule has 0 saturated carbocycles. The van der Waals surface area contributed by atoms with E-state index in [1.807, 2.05) is 6.92 Å². The zero-order valence-corrected chi connectivity index (χ0v) is 9.56. The number of nitrogen functional groups attached to an aromatic ring is 1. The molecule has 1 amide bonds. The second kappa shape index (κ2) is 4.86. The number of hydrogen-bond acceptors (Lipinski definition) is 6. The summed E-state index contributed by atoms with van der Waals surface area (Å²) in [5.74, 6) is 0.896. The quantitative estimate of drug-likeness (QED) is 0.668. The number of nitrogens with two attached hydrogens (primary N) is 1. The highest BCUT2D eigenvalue weighted by molar-refractivity contribution is 5.80. The molecule has 0 spiro atoms. The number of carbonyl (C=O) groups excluding carboxylic acids is 1. The number of aromatic nitrogens is 2. The number of ether oxygens (including phenoxy) is 1. The van der Waals surface area contributed by atoms with Crippen molar-refractivity contribution in [3.8, 4) is 5.88 Å². The first kappa shape index (κ1) is 11.4. The normalized spacial score (nSPS) is 18.9. The molecule has 1 aliphatic rings. The second-order valence-corrected chi connectivity index (χ2v) is 3.72. The highest BCUT2D eigenvalue weighted by Gasteiger charge is 2.22. The molecule has 17 heavy (non-hydrogen) atoms. The van der Waals surface area contributed by atoms with Crippen LogP contribution < -0.4 is 21.1 Å². The van der Waals surface area contributed by atoms with Crippen molar-refractivity contribution in [1.29, 1.82) is 0 Å². The van der Waals surface area contributed by atoms with E-state index >= 15 is 0 Å². The van der Waals surface area contributed by atoms with Crippen LogP contribution in [0.2, 0.25) is 0 Å². The van der Waals surface area contributed by atoms with Crippen LogP contribution in [0.3, 0.4) is 0 Å². The first-order valence-electron chi connectivity index (χ1n) is 5.47. The lowest BCUT2D eigenvalue weighted by molar-refractivity contribution is -0.119. The molecule has 1 fully saturated rings. The zero-order valence-electron chi connectivity index (χ0n) is 9.56. The molecule has 1 atom stereocenters. The van der Waals surface area contributed by atoms with Gasteiger partial charge in [-0.05, 0) is 6.92 Å². The number of carbonyl (C=O) groups is 1. The van der Waals surface area contributed by atoms with Crippen LogP contribution in [0, 0.1) is 0 Å². The molecule has 1 saturated heterocycles. The van der Waals surface area contributed by atoms with Crippen molar-refractivity contribution in [2.24, 2.45) is 0 Å². The van der Waals surface area contributed by atoms with Gasteiger partial charge in [-0.3, -0.25) is 4.79 Å². The Labute approximate surface area is 98.8 Å². The summed E-state index contributed by atoms with van der Waals surface area (Å²) in [4.78, 5) is 19.0. The molecule has 0 aliphatic carbocycles. The summed E-state index contributed by atoms with van der Waals surface area (Å²) in [6.45, 7) is 2.92. The number of rotatable bonds is 4. The van der Waals surface area contributed by atoms with Gasteiger partial charge in [0.1, 0.15) is 12.0 Å². The molecule has 0 radical (unpaired) electrons. The third-order valence-corrected chi connectivity index (χ3v) is 2.45. The number of anilines is 2. The van der Waals surface area contributed by atoms with Gasteiger partial charge in [0, 0.05) is 13.0 Å². The molecule has 4 N–H and O–H groups in total. The van der Waals surface area contributed by atoms with Gasteiger partial charge < -0.3 is 21.1 Å². The Morgan fingerprint density at radius 3 is 3.12 bits per heavy atom. The van der Waals surface area contributed by atoms with Crippen molar-refractivity contribution >= 4 is 17.4 Å². The van der Waals surface area contributed by atoms with E-state index in [-0.39, 0.29) is 11.9 Å². The summed E-state index contributed by atoms with van der Waals surface area (Å²) < 4.78 is 5.26. The minimum absolute atomic E-state index is 0.00850. The summed E-state index contributed by atoms with van der Waals surface area (Å²) in [6, 6.07) is 0.00850. The van der Waals surface area contributed by atoms with Crippen molar-refractivity contribution in [2.75, 3.05) is 24.2 Å². The van der Waals surface area contributed by atoms with Gasteiger partial charge >= 0.3 is 0 Å². The molecule has 1 aliphatic heterocycles. The predicted molar refractivity (Wildman–Crippen MR) is 62.7 cm³/mol. The summed E-state index contributed by atoms with van der Waals surface area (Å²) in [5.41, 5.74) is 6.23. The highest BCUT2D eigenvalue weighted by atomic mass is 16.5. The van der Waals surface area contributed by atoms with Crippen LogP contribution >= 0.6 is 0 Å². The van der Waals surface area contributed by atoms with E-state index in [2.05, 4.69) is 20.6 Å². The van der Waals surface area contributed by atoms with Crippen LogP contribution in [0.1, 0.15) is 13.3 Å². The summed E-state index contributed by atoms with van der Waals surface area (Å²) in [5, 5.41) is 5.83. The van der Waals surface area contributed by atoms with Gasteiger partial charge in [0.05, 0.1) is 12.6 Å². The molecule has 1 aromatic rings. The Balaban J connectivity index is 2.10. The van der Waals surface area contributed by atoms with Crippen LogP contribution in [0.4, 0.5) is 11.5 Å². The summed E-state index contributed by atoms with van der Waals surface area (Å²) in [6.07, 6.45) is 1.81. The lowest BCUT2D eigenvalue weighted by Gasteiger charge is -2.14. The molecule has 0 bridgehead atoms. The van der Waals surface area contributed by atoms with Crippen molar-refractivity contribution < 1.29 is 9.53 Å². The lowest BCUT2D eigenvalue weighted by Crippen LogP contribution is -2.23.